The van der Waals surface area contributed by atoms with Gasteiger partial charge in [-0.05, 0) is 43.4 Å². The van der Waals surface area contributed by atoms with E-state index in [1.165, 1.54) is 0 Å². The van der Waals surface area contributed by atoms with Crippen LogP contribution in [0, 0.1) is 0 Å². The van der Waals surface area contributed by atoms with Gasteiger partial charge in [-0.25, -0.2) is 0 Å². The standard InChI is InChI=1S/C12H21BrN4O/c1-9(14)4-5-11(18)12-10(13)8-15-17(12)7-6-16(2)3/h8-9H,4-7,14H2,1-3H3. The van der Waals surface area contributed by atoms with Crippen LogP contribution in [0.4, 0.5) is 0 Å². The molecule has 1 aromatic rings. The Kier molecular flexibility index (Phi) is 5.98. The first kappa shape index (κ1) is 15.3. The third-order valence-electron chi connectivity index (χ3n) is 2.64. The smallest absolute Gasteiger partial charge is 0.182 e. The number of rotatable bonds is 7. The molecule has 1 aromatic heterocycles. The summed E-state index contributed by atoms with van der Waals surface area (Å²) in [5.41, 5.74) is 6.33. The van der Waals surface area contributed by atoms with Crippen LogP contribution in [0.3, 0.4) is 0 Å². The summed E-state index contributed by atoms with van der Waals surface area (Å²) >= 11 is 3.38. The van der Waals surface area contributed by atoms with Gasteiger partial charge in [-0.3, -0.25) is 9.48 Å². The highest BCUT2D eigenvalue weighted by Crippen LogP contribution is 2.18. The zero-order chi connectivity index (χ0) is 13.7. The molecule has 1 unspecified atom stereocenters. The lowest BCUT2D eigenvalue weighted by molar-refractivity contribution is 0.0966. The normalized spacial score (nSPS) is 13.0. The van der Waals surface area contributed by atoms with E-state index in [2.05, 4.69) is 25.9 Å². The zero-order valence-corrected chi connectivity index (χ0v) is 12.8. The number of ketones is 1. The molecule has 0 spiro atoms. The Morgan fingerprint density at radius 3 is 2.83 bits per heavy atom. The topological polar surface area (TPSA) is 64.2 Å². The van der Waals surface area contributed by atoms with Crippen molar-refractivity contribution in [1.29, 1.82) is 0 Å². The zero-order valence-electron chi connectivity index (χ0n) is 11.2. The van der Waals surface area contributed by atoms with Gasteiger partial charge in [-0.2, -0.15) is 5.10 Å². The molecule has 5 nitrogen and oxygen atoms in total. The Labute approximate surface area is 116 Å². The quantitative estimate of drug-likeness (QED) is 0.775. The van der Waals surface area contributed by atoms with Gasteiger partial charge < -0.3 is 10.6 Å². The fourth-order valence-electron chi connectivity index (χ4n) is 1.58. The number of hydrogen-bond donors (Lipinski definition) is 1. The fourth-order valence-corrected chi connectivity index (χ4v) is 2.10. The molecule has 102 valence electrons. The van der Waals surface area contributed by atoms with Gasteiger partial charge in [-0.15, -0.1) is 0 Å². The molecule has 0 radical (unpaired) electrons. The molecule has 1 atom stereocenters. The van der Waals surface area contributed by atoms with E-state index in [1.54, 1.807) is 10.9 Å². The minimum atomic E-state index is 0.0471. The second kappa shape index (κ2) is 7.01. The van der Waals surface area contributed by atoms with Crippen LogP contribution in [0.2, 0.25) is 0 Å². The monoisotopic (exact) mass is 316 g/mol. The van der Waals surface area contributed by atoms with E-state index in [4.69, 9.17) is 5.73 Å². The molecule has 0 saturated heterocycles. The Hall–Kier alpha value is -0.720. The maximum Gasteiger partial charge on any atom is 0.182 e. The van der Waals surface area contributed by atoms with Crippen molar-refractivity contribution in [2.75, 3.05) is 20.6 Å². The van der Waals surface area contributed by atoms with Crippen LogP contribution in [0.25, 0.3) is 0 Å². The molecule has 0 saturated carbocycles. The number of carbonyl (C=O) groups is 1. The second-order valence-corrected chi connectivity index (χ2v) is 5.66. The van der Waals surface area contributed by atoms with Crippen molar-refractivity contribution in [3.63, 3.8) is 0 Å². The first-order chi connectivity index (χ1) is 8.41. The number of hydrogen-bond acceptors (Lipinski definition) is 4. The molecular weight excluding hydrogens is 296 g/mol. The molecule has 6 heteroatoms. The van der Waals surface area contributed by atoms with Crippen molar-refractivity contribution in [1.82, 2.24) is 14.7 Å². The van der Waals surface area contributed by atoms with E-state index >= 15 is 0 Å². The van der Waals surface area contributed by atoms with Crippen LogP contribution in [-0.4, -0.2) is 47.1 Å². The van der Waals surface area contributed by atoms with E-state index in [0.29, 0.717) is 25.1 Å². The van der Waals surface area contributed by atoms with Crippen molar-refractivity contribution >= 4 is 21.7 Å². The van der Waals surface area contributed by atoms with Crippen LogP contribution < -0.4 is 5.73 Å². The summed E-state index contributed by atoms with van der Waals surface area (Å²) in [6.07, 6.45) is 2.84. The molecule has 0 amide bonds. The maximum absolute atomic E-state index is 12.1. The number of likely N-dealkylation sites (N-methyl/N-ethyl adjacent to an activating group) is 1. The van der Waals surface area contributed by atoms with Crippen LogP contribution >= 0.6 is 15.9 Å². The van der Waals surface area contributed by atoms with Gasteiger partial charge >= 0.3 is 0 Å². The van der Waals surface area contributed by atoms with Crippen LogP contribution in [-0.2, 0) is 6.54 Å². The summed E-state index contributed by atoms with van der Waals surface area (Å²) < 4.78 is 2.52. The first-order valence-electron chi connectivity index (χ1n) is 6.06. The lowest BCUT2D eigenvalue weighted by atomic mass is 10.1. The summed E-state index contributed by atoms with van der Waals surface area (Å²) in [5, 5.41) is 4.23. The Morgan fingerprint density at radius 1 is 1.61 bits per heavy atom. The predicted octanol–water partition coefficient (Wildman–Crippen LogP) is 1.52. The molecule has 0 fully saturated rings. The van der Waals surface area contributed by atoms with Gasteiger partial charge in [0.15, 0.2) is 5.78 Å². The van der Waals surface area contributed by atoms with Crippen molar-refractivity contribution in [2.45, 2.75) is 32.4 Å². The van der Waals surface area contributed by atoms with Gasteiger partial charge in [-0.1, -0.05) is 0 Å². The van der Waals surface area contributed by atoms with Gasteiger partial charge in [0.1, 0.15) is 5.69 Å². The Morgan fingerprint density at radius 2 is 2.28 bits per heavy atom. The summed E-state index contributed by atoms with van der Waals surface area (Å²) in [4.78, 5) is 14.2. The van der Waals surface area contributed by atoms with E-state index in [-0.39, 0.29) is 11.8 Å². The highest BCUT2D eigenvalue weighted by Gasteiger charge is 2.17. The number of Topliss-reactive ketones (excluding diaryl/α,β-unsaturated/α-hetero) is 1. The van der Waals surface area contributed by atoms with Gasteiger partial charge in [0.05, 0.1) is 17.2 Å². The SMILES string of the molecule is CC(N)CCC(=O)c1c(Br)cnn1CCN(C)C. The molecule has 0 aliphatic rings. The van der Waals surface area contributed by atoms with Crippen LogP contribution in [0.5, 0.6) is 0 Å². The van der Waals surface area contributed by atoms with Crippen molar-refractivity contribution in [2.24, 2.45) is 5.73 Å². The fraction of sp³-hybridized carbons (Fsp3) is 0.667. The third-order valence-corrected chi connectivity index (χ3v) is 3.22. The average molecular weight is 317 g/mol. The highest BCUT2D eigenvalue weighted by atomic mass is 79.9. The number of carbonyl (C=O) groups excluding carboxylic acids is 1. The van der Waals surface area contributed by atoms with Gasteiger partial charge in [0.25, 0.3) is 0 Å². The molecule has 18 heavy (non-hydrogen) atoms. The molecule has 0 aliphatic carbocycles. The number of nitrogens with two attached hydrogens (primary N) is 1. The molecule has 0 aliphatic heterocycles. The summed E-state index contributed by atoms with van der Waals surface area (Å²) in [6, 6.07) is 0.0471. The van der Waals surface area contributed by atoms with Gasteiger partial charge in [0.2, 0.25) is 0 Å². The van der Waals surface area contributed by atoms with Crippen molar-refractivity contribution < 1.29 is 4.79 Å². The molecule has 0 bridgehead atoms. The average Bonchev–Trinajstić information content (AvgIpc) is 2.64. The second-order valence-electron chi connectivity index (χ2n) is 4.81. The van der Waals surface area contributed by atoms with Crippen LogP contribution in [0.15, 0.2) is 10.7 Å². The third kappa shape index (κ3) is 4.51. The Balaban J connectivity index is 2.73. The lowest BCUT2D eigenvalue weighted by Gasteiger charge is -2.12. The maximum atomic E-state index is 12.1. The molecular formula is C12H21BrN4O. The summed E-state index contributed by atoms with van der Waals surface area (Å²) in [7, 11) is 3.99. The predicted molar refractivity (Wildman–Crippen MR) is 75.7 cm³/mol. The van der Waals surface area contributed by atoms with Gasteiger partial charge in [0, 0.05) is 19.0 Å². The lowest BCUT2D eigenvalue weighted by Crippen LogP contribution is -2.22. The number of nitrogens with zero attached hydrogens (tertiary/aromatic N) is 3. The number of aromatic nitrogens is 2. The minimum Gasteiger partial charge on any atom is -0.328 e. The Bertz CT molecular complexity index is 401. The summed E-state index contributed by atoms with van der Waals surface area (Å²) in [5.74, 6) is 0.0930. The highest BCUT2D eigenvalue weighted by molar-refractivity contribution is 9.10. The van der Waals surface area contributed by atoms with E-state index in [9.17, 15) is 4.79 Å². The largest absolute Gasteiger partial charge is 0.328 e. The molecule has 1 rings (SSSR count). The van der Waals surface area contributed by atoms with E-state index < -0.39 is 0 Å². The first-order valence-corrected chi connectivity index (χ1v) is 6.86. The molecule has 2 N–H and O–H groups in total. The van der Waals surface area contributed by atoms with Crippen molar-refractivity contribution in [3.8, 4) is 0 Å². The molecule has 0 aromatic carbocycles. The molecule has 1 heterocycles. The van der Waals surface area contributed by atoms with Crippen LogP contribution in [0.1, 0.15) is 30.3 Å². The number of halogens is 1. The summed E-state index contributed by atoms with van der Waals surface area (Å²) in [6.45, 7) is 3.46. The van der Waals surface area contributed by atoms with E-state index in [1.807, 2.05) is 21.0 Å². The van der Waals surface area contributed by atoms with E-state index in [0.717, 1.165) is 11.0 Å². The minimum absolute atomic E-state index is 0.0471. The van der Waals surface area contributed by atoms with Crippen molar-refractivity contribution in [3.05, 3.63) is 16.4 Å².